The van der Waals surface area contributed by atoms with Gasteiger partial charge in [-0.1, -0.05) is 18.2 Å². The molecule has 1 fully saturated rings. The number of thiophene rings is 1. The molecule has 0 radical (unpaired) electrons. The molecule has 0 spiro atoms. The Morgan fingerprint density at radius 2 is 2.17 bits per heavy atom. The number of hydrogen-bond acceptors (Lipinski definition) is 3. The van der Waals surface area contributed by atoms with Crippen LogP contribution in [0.25, 0.3) is 10.1 Å². The molecule has 0 bridgehead atoms. The fourth-order valence-corrected chi connectivity index (χ4v) is 3.47. The second-order valence-electron chi connectivity index (χ2n) is 4.82. The molecule has 3 N–H and O–H groups in total. The van der Waals surface area contributed by atoms with E-state index < -0.39 is 0 Å². The van der Waals surface area contributed by atoms with Gasteiger partial charge in [0.05, 0.1) is 4.88 Å². The number of nitrogens with one attached hydrogen (secondary N) is 1. The van der Waals surface area contributed by atoms with Gasteiger partial charge in [0.2, 0.25) is 0 Å². The van der Waals surface area contributed by atoms with Crippen molar-refractivity contribution >= 4 is 27.3 Å². The van der Waals surface area contributed by atoms with Gasteiger partial charge in [-0.05, 0) is 36.8 Å². The van der Waals surface area contributed by atoms with Crippen LogP contribution < -0.4 is 11.1 Å². The third-order valence-electron chi connectivity index (χ3n) is 3.54. The summed E-state index contributed by atoms with van der Waals surface area (Å²) in [5, 5.41) is 4.18. The van der Waals surface area contributed by atoms with Crippen LogP contribution in [-0.2, 0) is 0 Å². The number of hydrogen-bond donors (Lipinski definition) is 2. The zero-order valence-electron chi connectivity index (χ0n) is 10.1. The van der Waals surface area contributed by atoms with E-state index in [9.17, 15) is 4.79 Å². The largest absolute Gasteiger partial charge is 0.347 e. The standard InChI is InChI=1S/C14H16N2OS/c15-10-5-3-6-11(10)16-14(17)13-8-9-4-1-2-7-12(9)18-13/h1-2,4,7-8,10-11H,3,5-6,15H2,(H,16,17). The summed E-state index contributed by atoms with van der Waals surface area (Å²) >= 11 is 1.54. The number of fused-ring (bicyclic) bond motifs is 1. The van der Waals surface area contributed by atoms with E-state index in [0.717, 1.165) is 34.2 Å². The molecule has 3 nitrogen and oxygen atoms in total. The van der Waals surface area contributed by atoms with Gasteiger partial charge in [0.1, 0.15) is 0 Å². The number of carbonyl (C=O) groups is 1. The van der Waals surface area contributed by atoms with Crippen molar-refractivity contribution in [3.05, 3.63) is 35.2 Å². The molecule has 18 heavy (non-hydrogen) atoms. The fourth-order valence-electron chi connectivity index (χ4n) is 2.50. The van der Waals surface area contributed by atoms with Gasteiger partial charge in [0.25, 0.3) is 5.91 Å². The summed E-state index contributed by atoms with van der Waals surface area (Å²) in [6.45, 7) is 0. The first-order chi connectivity index (χ1) is 8.74. The second-order valence-corrected chi connectivity index (χ2v) is 5.91. The molecule has 2 unspecified atom stereocenters. The van der Waals surface area contributed by atoms with Crippen molar-refractivity contribution in [2.75, 3.05) is 0 Å². The van der Waals surface area contributed by atoms with E-state index in [4.69, 9.17) is 5.73 Å². The minimum absolute atomic E-state index is 0.0125. The normalized spacial score (nSPS) is 23.4. The van der Waals surface area contributed by atoms with Gasteiger partial charge < -0.3 is 11.1 Å². The molecule has 1 saturated carbocycles. The van der Waals surface area contributed by atoms with Crippen molar-refractivity contribution in [2.24, 2.45) is 5.73 Å². The predicted octanol–water partition coefficient (Wildman–Crippen LogP) is 2.51. The number of amides is 1. The molecular formula is C14H16N2OS. The average molecular weight is 260 g/mol. The fraction of sp³-hybridized carbons (Fsp3) is 0.357. The number of carbonyl (C=O) groups excluding carboxylic acids is 1. The average Bonchev–Trinajstić information content (AvgIpc) is 2.96. The topological polar surface area (TPSA) is 55.1 Å². The Balaban J connectivity index is 1.79. The second kappa shape index (κ2) is 4.71. The zero-order chi connectivity index (χ0) is 12.5. The molecule has 94 valence electrons. The summed E-state index contributed by atoms with van der Waals surface area (Å²) in [7, 11) is 0. The Morgan fingerprint density at radius 1 is 1.33 bits per heavy atom. The van der Waals surface area contributed by atoms with Crippen LogP contribution in [0.5, 0.6) is 0 Å². The maximum Gasteiger partial charge on any atom is 0.261 e. The van der Waals surface area contributed by atoms with E-state index >= 15 is 0 Å². The Morgan fingerprint density at radius 3 is 2.89 bits per heavy atom. The van der Waals surface area contributed by atoms with Crippen LogP contribution in [0.3, 0.4) is 0 Å². The van der Waals surface area contributed by atoms with E-state index in [1.165, 1.54) is 11.3 Å². The van der Waals surface area contributed by atoms with Crippen LogP contribution >= 0.6 is 11.3 Å². The summed E-state index contributed by atoms with van der Waals surface area (Å²) in [5.74, 6) is 0.0125. The maximum atomic E-state index is 12.2. The first-order valence-corrected chi connectivity index (χ1v) is 7.11. The van der Waals surface area contributed by atoms with Crippen LogP contribution in [-0.4, -0.2) is 18.0 Å². The lowest BCUT2D eigenvalue weighted by Gasteiger charge is -2.16. The number of nitrogens with two attached hydrogens (primary N) is 1. The third kappa shape index (κ3) is 2.13. The SMILES string of the molecule is NC1CCCC1NC(=O)c1cc2ccccc2s1. The van der Waals surface area contributed by atoms with Crippen molar-refractivity contribution in [1.82, 2.24) is 5.32 Å². The summed E-state index contributed by atoms with van der Waals surface area (Å²) in [6, 6.07) is 10.3. The molecule has 2 atom stereocenters. The Labute approximate surface area is 110 Å². The summed E-state index contributed by atoms with van der Waals surface area (Å²) in [5.41, 5.74) is 5.97. The Kier molecular flexibility index (Phi) is 3.06. The van der Waals surface area contributed by atoms with Crippen molar-refractivity contribution in [3.8, 4) is 0 Å². The highest BCUT2D eigenvalue weighted by molar-refractivity contribution is 7.20. The van der Waals surface area contributed by atoms with E-state index in [-0.39, 0.29) is 18.0 Å². The lowest BCUT2D eigenvalue weighted by molar-refractivity contribution is 0.0939. The van der Waals surface area contributed by atoms with Crippen molar-refractivity contribution in [3.63, 3.8) is 0 Å². The molecule has 1 aliphatic carbocycles. The Hall–Kier alpha value is -1.39. The molecule has 1 amide bonds. The minimum Gasteiger partial charge on any atom is -0.347 e. The van der Waals surface area contributed by atoms with E-state index in [2.05, 4.69) is 5.32 Å². The molecule has 1 aliphatic rings. The predicted molar refractivity (Wildman–Crippen MR) is 74.9 cm³/mol. The molecular weight excluding hydrogens is 244 g/mol. The molecule has 1 aromatic heterocycles. The van der Waals surface area contributed by atoms with Crippen LogP contribution in [0.1, 0.15) is 28.9 Å². The van der Waals surface area contributed by atoms with Crippen LogP contribution in [0.15, 0.2) is 30.3 Å². The minimum atomic E-state index is 0.0125. The molecule has 3 rings (SSSR count). The van der Waals surface area contributed by atoms with Crippen molar-refractivity contribution in [2.45, 2.75) is 31.3 Å². The monoisotopic (exact) mass is 260 g/mol. The lowest BCUT2D eigenvalue weighted by Crippen LogP contribution is -2.43. The number of benzene rings is 1. The van der Waals surface area contributed by atoms with E-state index in [1.807, 2.05) is 30.3 Å². The third-order valence-corrected chi connectivity index (χ3v) is 4.65. The van der Waals surface area contributed by atoms with Gasteiger partial charge >= 0.3 is 0 Å². The summed E-state index contributed by atoms with van der Waals surface area (Å²) in [6.07, 6.45) is 3.12. The molecule has 1 heterocycles. The highest BCUT2D eigenvalue weighted by atomic mass is 32.1. The van der Waals surface area contributed by atoms with Gasteiger partial charge in [-0.2, -0.15) is 0 Å². The first kappa shape index (κ1) is 11.7. The first-order valence-electron chi connectivity index (χ1n) is 6.29. The lowest BCUT2D eigenvalue weighted by atomic mass is 10.2. The van der Waals surface area contributed by atoms with Crippen LogP contribution in [0.2, 0.25) is 0 Å². The highest BCUT2D eigenvalue weighted by Crippen LogP contribution is 2.26. The highest BCUT2D eigenvalue weighted by Gasteiger charge is 2.26. The van der Waals surface area contributed by atoms with Gasteiger partial charge in [-0.25, -0.2) is 0 Å². The maximum absolute atomic E-state index is 12.2. The van der Waals surface area contributed by atoms with Crippen molar-refractivity contribution in [1.29, 1.82) is 0 Å². The van der Waals surface area contributed by atoms with Crippen LogP contribution in [0.4, 0.5) is 0 Å². The molecule has 0 aliphatic heterocycles. The summed E-state index contributed by atoms with van der Waals surface area (Å²) in [4.78, 5) is 12.9. The Bertz CT molecular complexity index is 545. The van der Waals surface area contributed by atoms with Crippen LogP contribution in [0, 0.1) is 0 Å². The molecule has 0 saturated heterocycles. The quantitative estimate of drug-likeness (QED) is 0.871. The van der Waals surface area contributed by atoms with Gasteiger partial charge in [0, 0.05) is 16.8 Å². The van der Waals surface area contributed by atoms with Gasteiger partial charge in [-0.3, -0.25) is 4.79 Å². The van der Waals surface area contributed by atoms with Gasteiger partial charge in [0.15, 0.2) is 0 Å². The number of rotatable bonds is 2. The molecule has 4 heteroatoms. The molecule has 1 aromatic carbocycles. The van der Waals surface area contributed by atoms with Gasteiger partial charge in [-0.15, -0.1) is 11.3 Å². The summed E-state index contributed by atoms with van der Waals surface area (Å²) < 4.78 is 1.15. The molecule has 2 aromatic rings. The van der Waals surface area contributed by atoms with E-state index in [1.54, 1.807) is 0 Å². The van der Waals surface area contributed by atoms with Crippen molar-refractivity contribution < 1.29 is 4.79 Å². The smallest absolute Gasteiger partial charge is 0.261 e. The zero-order valence-corrected chi connectivity index (χ0v) is 10.9. The van der Waals surface area contributed by atoms with E-state index in [0.29, 0.717) is 0 Å².